The SMILES string of the molecule is CC(C)(C)c1ccc(-c2cn(C(CN3CCCCC3)c3ccc4sc5ccccc5c4c3)nn2)cc1. The quantitative estimate of drug-likeness (QED) is 0.251. The van der Waals surface area contributed by atoms with E-state index in [0.29, 0.717) is 0 Å². The van der Waals surface area contributed by atoms with Crippen LogP contribution in [-0.2, 0) is 5.41 Å². The summed E-state index contributed by atoms with van der Waals surface area (Å²) in [5, 5.41) is 12.0. The lowest BCUT2D eigenvalue weighted by Gasteiger charge is -2.30. The third-order valence-corrected chi connectivity index (χ3v) is 8.69. The minimum Gasteiger partial charge on any atom is -0.301 e. The van der Waals surface area contributed by atoms with Crippen LogP contribution in [-0.4, -0.2) is 39.5 Å². The molecule has 5 heteroatoms. The van der Waals surface area contributed by atoms with Gasteiger partial charge in [0.25, 0.3) is 0 Å². The Morgan fingerprint density at radius 1 is 0.861 bits per heavy atom. The van der Waals surface area contributed by atoms with Gasteiger partial charge in [-0.05, 0) is 60.7 Å². The first kappa shape index (κ1) is 23.4. The number of rotatable bonds is 5. The first-order valence-corrected chi connectivity index (χ1v) is 13.9. The second kappa shape index (κ2) is 9.45. The van der Waals surface area contributed by atoms with E-state index in [-0.39, 0.29) is 11.5 Å². The van der Waals surface area contributed by atoms with E-state index in [4.69, 9.17) is 0 Å². The zero-order valence-corrected chi connectivity index (χ0v) is 22.3. The molecule has 1 saturated heterocycles. The van der Waals surface area contributed by atoms with Crippen molar-refractivity contribution in [2.24, 2.45) is 0 Å². The highest BCUT2D eigenvalue weighted by Crippen LogP contribution is 2.36. The van der Waals surface area contributed by atoms with Gasteiger partial charge in [-0.15, -0.1) is 16.4 Å². The average Bonchev–Trinajstić information content (AvgIpc) is 3.52. The summed E-state index contributed by atoms with van der Waals surface area (Å²) in [5.41, 5.74) is 4.82. The maximum absolute atomic E-state index is 4.68. The van der Waals surface area contributed by atoms with Crippen LogP contribution in [0.15, 0.2) is 72.9 Å². The predicted molar refractivity (Wildman–Crippen MR) is 152 cm³/mol. The third-order valence-electron chi connectivity index (χ3n) is 7.54. The molecule has 0 bridgehead atoms. The minimum absolute atomic E-state index is 0.126. The Morgan fingerprint density at radius 3 is 2.39 bits per heavy atom. The van der Waals surface area contributed by atoms with E-state index in [1.807, 2.05) is 11.3 Å². The molecule has 0 spiro atoms. The van der Waals surface area contributed by atoms with Crippen molar-refractivity contribution in [3.63, 3.8) is 0 Å². The molecule has 3 aromatic carbocycles. The highest BCUT2D eigenvalue weighted by molar-refractivity contribution is 7.25. The zero-order chi connectivity index (χ0) is 24.7. The highest BCUT2D eigenvalue weighted by atomic mass is 32.1. The molecule has 4 nitrogen and oxygen atoms in total. The molecule has 1 aliphatic heterocycles. The van der Waals surface area contributed by atoms with Crippen LogP contribution in [0.4, 0.5) is 0 Å². The lowest BCUT2D eigenvalue weighted by atomic mass is 9.86. The second-order valence-corrected chi connectivity index (χ2v) is 12.2. The van der Waals surface area contributed by atoms with Crippen molar-refractivity contribution in [3.8, 4) is 11.3 Å². The number of nitrogens with zero attached hydrogens (tertiary/aromatic N) is 4. The molecule has 0 saturated carbocycles. The molecule has 1 fully saturated rings. The molecule has 184 valence electrons. The average molecular weight is 495 g/mol. The molecule has 0 aliphatic carbocycles. The van der Waals surface area contributed by atoms with Crippen LogP contribution in [0.2, 0.25) is 0 Å². The first-order chi connectivity index (χ1) is 17.5. The van der Waals surface area contributed by atoms with Gasteiger partial charge in [-0.3, -0.25) is 0 Å². The van der Waals surface area contributed by atoms with Gasteiger partial charge < -0.3 is 4.90 Å². The summed E-state index contributed by atoms with van der Waals surface area (Å²) in [7, 11) is 0. The van der Waals surface area contributed by atoms with Gasteiger partial charge in [-0.2, -0.15) is 0 Å². The van der Waals surface area contributed by atoms with E-state index >= 15 is 0 Å². The number of piperidine rings is 1. The molecule has 0 N–H and O–H groups in total. The van der Waals surface area contributed by atoms with Gasteiger partial charge in [0.2, 0.25) is 0 Å². The molecule has 0 amide bonds. The Kier molecular flexibility index (Phi) is 6.14. The number of hydrogen-bond donors (Lipinski definition) is 0. The van der Waals surface area contributed by atoms with Gasteiger partial charge in [0.15, 0.2) is 0 Å². The smallest absolute Gasteiger partial charge is 0.113 e. The number of thiophene rings is 1. The fraction of sp³-hybridized carbons (Fsp3) is 0.355. The monoisotopic (exact) mass is 494 g/mol. The number of aromatic nitrogens is 3. The normalized spacial score (nSPS) is 16.1. The molecule has 36 heavy (non-hydrogen) atoms. The number of benzene rings is 3. The van der Waals surface area contributed by atoms with Crippen molar-refractivity contribution in [1.82, 2.24) is 19.9 Å². The second-order valence-electron chi connectivity index (χ2n) is 11.1. The topological polar surface area (TPSA) is 34.0 Å². The van der Waals surface area contributed by atoms with Crippen LogP contribution in [0.1, 0.15) is 57.2 Å². The summed E-state index contributed by atoms with van der Waals surface area (Å²) in [6.07, 6.45) is 6.04. The number of likely N-dealkylation sites (tertiary alicyclic amines) is 1. The largest absolute Gasteiger partial charge is 0.301 e. The highest BCUT2D eigenvalue weighted by Gasteiger charge is 2.23. The Morgan fingerprint density at radius 2 is 1.61 bits per heavy atom. The van der Waals surface area contributed by atoms with Crippen molar-refractivity contribution in [3.05, 3.63) is 84.1 Å². The Hall–Kier alpha value is -3.02. The van der Waals surface area contributed by atoms with Gasteiger partial charge in [0.05, 0.1) is 12.2 Å². The van der Waals surface area contributed by atoms with E-state index < -0.39 is 0 Å². The van der Waals surface area contributed by atoms with Crippen molar-refractivity contribution < 1.29 is 0 Å². The van der Waals surface area contributed by atoms with Crippen molar-refractivity contribution in [2.75, 3.05) is 19.6 Å². The van der Waals surface area contributed by atoms with Crippen LogP contribution in [0, 0.1) is 0 Å². The minimum atomic E-state index is 0.126. The van der Waals surface area contributed by atoms with Gasteiger partial charge in [-0.1, -0.05) is 80.9 Å². The van der Waals surface area contributed by atoms with Gasteiger partial charge in [0, 0.05) is 32.3 Å². The molecule has 1 unspecified atom stereocenters. The van der Waals surface area contributed by atoms with Crippen LogP contribution in [0.5, 0.6) is 0 Å². The number of fused-ring (bicyclic) bond motifs is 3. The van der Waals surface area contributed by atoms with Crippen molar-refractivity contribution in [2.45, 2.75) is 51.5 Å². The standard InChI is InChI=1S/C31H34N4S/c1-31(2,3)24-14-11-22(12-15-24)27-20-35(33-32-27)28(21-34-17-7-4-8-18-34)23-13-16-30-26(19-23)25-9-5-6-10-29(25)36-30/h5-6,9-16,19-20,28H,4,7-8,17-18,21H2,1-3H3. The maximum Gasteiger partial charge on any atom is 0.113 e. The van der Waals surface area contributed by atoms with Crippen molar-refractivity contribution >= 4 is 31.5 Å². The van der Waals surface area contributed by atoms with E-state index in [1.54, 1.807) is 0 Å². The number of hydrogen-bond acceptors (Lipinski definition) is 4. The summed E-state index contributed by atoms with van der Waals surface area (Å²) in [5.74, 6) is 0. The van der Waals surface area contributed by atoms with Gasteiger partial charge in [-0.25, -0.2) is 4.68 Å². The maximum atomic E-state index is 4.68. The van der Waals surface area contributed by atoms with Crippen LogP contribution in [0.25, 0.3) is 31.4 Å². The lowest BCUT2D eigenvalue weighted by Crippen LogP contribution is -2.35. The van der Waals surface area contributed by atoms with E-state index in [0.717, 1.165) is 30.9 Å². The zero-order valence-electron chi connectivity index (χ0n) is 21.4. The summed E-state index contributed by atoms with van der Waals surface area (Å²) in [6, 6.07) is 24.6. The fourth-order valence-electron chi connectivity index (χ4n) is 5.38. The van der Waals surface area contributed by atoms with Crippen molar-refractivity contribution in [1.29, 1.82) is 0 Å². The van der Waals surface area contributed by atoms with E-state index in [9.17, 15) is 0 Å². The molecule has 1 atom stereocenters. The molecule has 5 aromatic rings. The lowest BCUT2D eigenvalue weighted by molar-refractivity contribution is 0.202. The van der Waals surface area contributed by atoms with Gasteiger partial charge in [0.1, 0.15) is 5.69 Å². The predicted octanol–water partition coefficient (Wildman–Crippen LogP) is 7.69. The van der Waals surface area contributed by atoms with Crippen LogP contribution in [0.3, 0.4) is 0 Å². The summed E-state index contributed by atoms with van der Waals surface area (Å²) in [6.45, 7) is 10.0. The Labute approximate surface area is 217 Å². The molecule has 3 heterocycles. The molecule has 1 aliphatic rings. The van der Waals surface area contributed by atoms with E-state index in [2.05, 4.69) is 114 Å². The summed E-state index contributed by atoms with van der Waals surface area (Å²) >= 11 is 1.87. The van der Waals surface area contributed by atoms with Gasteiger partial charge >= 0.3 is 0 Å². The summed E-state index contributed by atoms with van der Waals surface area (Å²) in [4.78, 5) is 2.60. The van der Waals surface area contributed by atoms with E-state index in [1.165, 1.54) is 50.6 Å². The fourth-order valence-corrected chi connectivity index (χ4v) is 6.47. The third kappa shape index (κ3) is 4.58. The molecular weight excluding hydrogens is 460 g/mol. The molecule has 2 aromatic heterocycles. The molecular formula is C31H34N4S. The van der Waals surface area contributed by atoms with Crippen LogP contribution < -0.4 is 0 Å². The van der Waals surface area contributed by atoms with Crippen LogP contribution >= 0.6 is 11.3 Å². The summed E-state index contributed by atoms with van der Waals surface area (Å²) < 4.78 is 4.78. The Balaban J connectivity index is 1.38. The molecule has 0 radical (unpaired) electrons. The molecule has 6 rings (SSSR count). The first-order valence-electron chi connectivity index (χ1n) is 13.1. The Bertz CT molecular complexity index is 1480.